The number of piperidine rings is 1. The highest BCUT2D eigenvalue weighted by atomic mass is 19.4. The Morgan fingerprint density at radius 1 is 1.36 bits per heavy atom. The van der Waals surface area contributed by atoms with Crippen molar-refractivity contribution >= 4 is 5.91 Å². The molecule has 1 aliphatic rings. The van der Waals surface area contributed by atoms with Crippen LogP contribution in [0.4, 0.5) is 13.2 Å². The van der Waals surface area contributed by atoms with E-state index in [9.17, 15) is 22.8 Å². The molecule has 2 aromatic rings. The molecule has 1 aliphatic heterocycles. The quantitative estimate of drug-likeness (QED) is 0.820. The monoisotopic (exact) mass is 356 g/mol. The van der Waals surface area contributed by atoms with Crippen LogP contribution >= 0.6 is 0 Å². The van der Waals surface area contributed by atoms with E-state index in [0.29, 0.717) is 19.4 Å². The van der Waals surface area contributed by atoms with Gasteiger partial charge in [0.25, 0.3) is 11.5 Å². The summed E-state index contributed by atoms with van der Waals surface area (Å²) in [6.45, 7) is 0.532. The summed E-state index contributed by atoms with van der Waals surface area (Å²) in [6.07, 6.45) is -2.08. The van der Waals surface area contributed by atoms with E-state index in [4.69, 9.17) is 4.42 Å². The first-order valence-corrected chi connectivity index (χ1v) is 7.63. The number of likely N-dealkylation sites (tertiary alicyclic amines) is 1. The Hall–Kier alpha value is -2.65. The molecular formula is C15H15F3N4O3. The molecule has 1 atom stereocenters. The van der Waals surface area contributed by atoms with Crippen molar-refractivity contribution in [1.29, 1.82) is 0 Å². The van der Waals surface area contributed by atoms with Gasteiger partial charge in [0.2, 0.25) is 5.89 Å². The molecule has 10 heteroatoms. The smallest absolute Gasteiger partial charge is 0.417 e. The Morgan fingerprint density at radius 2 is 2.12 bits per heavy atom. The second-order valence-electron chi connectivity index (χ2n) is 5.87. The number of amides is 1. The number of rotatable bonds is 2. The highest BCUT2D eigenvalue weighted by molar-refractivity contribution is 5.93. The first-order chi connectivity index (χ1) is 11.8. The third-order valence-electron chi connectivity index (χ3n) is 4.09. The number of halogens is 3. The molecule has 7 nitrogen and oxygen atoms in total. The molecule has 0 spiro atoms. The second-order valence-corrected chi connectivity index (χ2v) is 5.87. The lowest BCUT2D eigenvalue weighted by molar-refractivity contribution is -0.157. The summed E-state index contributed by atoms with van der Waals surface area (Å²) in [7, 11) is 1.54. The number of alkyl halides is 3. The van der Waals surface area contributed by atoms with Crippen LogP contribution in [0.15, 0.2) is 27.5 Å². The van der Waals surface area contributed by atoms with Gasteiger partial charge < -0.3 is 13.9 Å². The molecule has 1 unspecified atom stereocenters. The van der Waals surface area contributed by atoms with Gasteiger partial charge in [0.15, 0.2) is 0 Å². The summed E-state index contributed by atoms with van der Waals surface area (Å²) in [4.78, 5) is 26.1. The van der Waals surface area contributed by atoms with E-state index >= 15 is 0 Å². The average molecular weight is 356 g/mol. The number of hydrogen-bond donors (Lipinski definition) is 0. The van der Waals surface area contributed by atoms with Crippen LogP contribution in [0.1, 0.15) is 40.9 Å². The molecule has 25 heavy (non-hydrogen) atoms. The zero-order chi connectivity index (χ0) is 18.2. The number of aromatic nitrogens is 3. The molecule has 0 saturated carbocycles. The number of aryl methyl sites for hydroxylation is 1. The van der Waals surface area contributed by atoms with Crippen molar-refractivity contribution < 1.29 is 22.4 Å². The highest BCUT2D eigenvalue weighted by Gasteiger charge is 2.39. The van der Waals surface area contributed by atoms with Crippen molar-refractivity contribution in [2.45, 2.75) is 24.9 Å². The van der Waals surface area contributed by atoms with Gasteiger partial charge in [-0.2, -0.15) is 13.2 Å². The van der Waals surface area contributed by atoms with Crippen LogP contribution in [0.2, 0.25) is 0 Å². The Bertz CT molecular complexity index is 843. The van der Waals surface area contributed by atoms with Crippen LogP contribution < -0.4 is 5.56 Å². The van der Waals surface area contributed by atoms with Crippen molar-refractivity contribution in [3.8, 4) is 0 Å². The lowest BCUT2D eigenvalue weighted by Crippen LogP contribution is -2.41. The van der Waals surface area contributed by atoms with Gasteiger partial charge in [-0.15, -0.1) is 10.2 Å². The van der Waals surface area contributed by atoms with Crippen molar-refractivity contribution in [1.82, 2.24) is 19.7 Å². The summed E-state index contributed by atoms with van der Waals surface area (Å²) < 4.78 is 43.7. The van der Waals surface area contributed by atoms with Crippen LogP contribution in [-0.4, -0.2) is 38.7 Å². The first-order valence-electron chi connectivity index (χ1n) is 7.63. The van der Waals surface area contributed by atoms with Crippen molar-refractivity contribution in [2.24, 2.45) is 7.05 Å². The van der Waals surface area contributed by atoms with E-state index in [1.54, 1.807) is 6.07 Å². The first kappa shape index (κ1) is 17.2. The third-order valence-corrected chi connectivity index (χ3v) is 4.09. The van der Waals surface area contributed by atoms with Gasteiger partial charge in [-0.05, 0) is 25.0 Å². The number of carbonyl (C=O) groups is 1. The van der Waals surface area contributed by atoms with Crippen LogP contribution in [0.25, 0.3) is 0 Å². The minimum absolute atomic E-state index is 0.0205. The van der Waals surface area contributed by atoms with Crippen LogP contribution in [-0.2, 0) is 13.2 Å². The molecule has 3 heterocycles. The van der Waals surface area contributed by atoms with Gasteiger partial charge in [-0.3, -0.25) is 9.59 Å². The van der Waals surface area contributed by atoms with E-state index in [2.05, 4.69) is 10.2 Å². The maximum absolute atomic E-state index is 12.6. The van der Waals surface area contributed by atoms with Crippen molar-refractivity contribution in [2.75, 3.05) is 13.1 Å². The van der Waals surface area contributed by atoms with Crippen molar-refractivity contribution in [3.63, 3.8) is 0 Å². The van der Waals surface area contributed by atoms with E-state index < -0.39 is 29.5 Å². The molecule has 134 valence electrons. The maximum atomic E-state index is 12.6. The van der Waals surface area contributed by atoms with E-state index in [0.717, 1.165) is 0 Å². The number of carbonyl (C=O) groups excluding carboxylic acids is 1. The predicted octanol–water partition coefficient (Wildman–Crippen LogP) is 1.81. The number of pyridine rings is 1. The molecule has 0 aliphatic carbocycles. The Kier molecular flexibility index (Phi) is 4.36. The Labute approximate surface area is 140 Å². The largest absolute Gasteiger partial charge is 0.470 e. The van der Waals surface area contributed by atoms with Crippen LogP contribution in [0.5, 0.6) is 0 Å². The van der Waals surface area contributed by atoms with E-state index in [1.165, 1.54) is 28.8 Å². The van der Waals surface area contributed by atoms with Crippen molar-refractivity contribution in [3.05, 3.63) is 46.0 Å². The molecule has 1 saturated heterocycles. The van der Waals surface area contributed by atoms with Gasteiger partial charge >= 0.3 is 12.1 Å². The fourth-order valence-corrected chi connectivity index (χ4v) is 2.81. The molecular weight excluding hydrogens is 341 g/mol. The summed E-state index contributed by atoms with van der Waals surface area (Å²) in [5.41, 5.74) is -0.404. The summed E-state index contributed by atoms with van der Waals surface area (Å²) >= 11 is 0. The standard InChI is InChI=1S/C15H15F3N4O3/c1-21-6-3-5-10(12(21)23)13(24)22-7-2-4-9(8-22)11-19-20-14(25-11)15(16,17)18/h3,5-6,9H,2,4,7-8H2,1H3. The minimum Gasteiger partial charge on any atom is -0.417 e. The lowest BCUT2D eigenvalue weighted by Gasteiger charge is -2.31. The zero-order valence-corrected chi connectivity index (χ0v) is 13.3. The number of hydrogen-bond acceptors (Lipinski definition) is 5. The molecule has 2 aromatic heterocycles. The average Bonchev–Trinajstić information content (AvgIpc) is 3.07. The zero-order valence-electron chi connectivity index (χ0n) is 13.3. The van der Waals surface area contributed by atoms with Crippen LogP contribution in [0, 0.1) is 0 Å². The predicted molar refractivity (Wildman–Crippen MR) is 78.9 cm³/mol. The van der Waals surface area contributed by atoms with Crippen LogP contribution in [0.3, 0.4) is 0 Å². The molecule has 1 fully saturated rings. The summed E-state index contributed by atoms with van der Waals surface area (Å²) in [5, 5.41) is 6.48. The molecule has 0 bridgehead atoms. The summed E-state index contributed by atoms with van der Waals surface area (Å²) in [5.74, 6) is -2.50. The van der Waals surface area contributed by atoms with Gasteiger partial charge in [0, 0.05) is 26.3 Å². The topological polar surface area (TPSA) is 81.2 Å². The molecule has 0 aromatic carbocycles. The highest BCUT2D eigenvalue weighted by Crippen LogP contribution is 2.32. The minimum atomic E-state index is -4.70. The van der Waals surface area contributed by atoms with Gasteiger partial charge in [-0.25, -0.2) is 0 Å². The maximum Gasteiger partial charge on any atom is 0.470 e. The van der Waals surface area contributed by atoms with Gasteiger partial charge in [0.05, 0.1) is 5.92 Å². The Balaban J connectivity index is 1.79. The third kappa shape index (κ3) is 3.42. The number of nitrogens with zero attached hydrogens (tertiary/aromatic N) is 4. The van der Waals surface area contributed by atoms with E-state index in [-0.39, 0.29) is 18.0 Å². The summed E-state index contributed by atoms with van der Waals surface area (Å²) in [6, 6.07) is 3.02. The van der Waals surface area contributed by atoms with Gasteiger partial charge in [0.1, 0.15) is 5.56 Å². The fraction of sp³-hybridized carbons (Fsp3) is 0.467. The molecule has 0 N–H and O–H groups in total. The van der Waals surface area contributed by atoms with Gasteiger partial charge in [-0.1, -0.05) is 0 Å². The normalized spacial score (nSPS) is 18.4. The Morgan fingerprint density at radius 3 is 2.80 bits per heavy atom. The molecule has 0 radical (unpaired) electrons. The molecule has 3 rings (SSSR count). The van der Waals surface area contributed by atoms with E-state index in [1.807, 2.05) is 0 Å². The molecule has 1 amide bonds. The fourth-order valence-electron chi connectivity index (χ4n) is 2.81. The lowest BCUT2D eigenvalue weighted by atomic mass is 9.97. The SMILES string of the molecule is Cn1cccc(C(=O)N2CCCC(c3nnc(C(F)(F)F)o3)C2)c1=O. The second kappa shape index (κ2) is 6.34.